The molecule has 82 valence electrons. The van der Waals surface area contributed by atoms with E-state index in [2.05, 4.69) is 24.5 Å². The molecule has 0 aromatic heterocycles. The van der Waals surface area contributed by atoms with Crippen LogP contribution in [0, 0.1) is 5.92 Å². The zero-order valence-electron chi connectivity index (χ0n) is 9.31. The maximum absolute atomic E-state index is 11.6. The van der Waals surface area contributed by atoms with E-state index in [-0.39, 0.29) is 5.91 Å². The van der Waals surface area contributed by atoms with Gasteiger partial charge in [-0.05, 0) is 38.3 Å². The monoisotopic (exact) mass is 198 g/mol. The minimum atomic E-state index is 0.229. The Morgan fingerprint density at radius 1 is 1.50 bits per heavy atom. The lowest BCUT2D eigenvalue weighted by Gasteiger charge is -2.16. The van der Waals surface area contributed by atoms with Crippen LogP contribution >= 0.6 is 0 Å². The smallest absolute Gasteiger partial charge is 0.220 e. The summed E-state index contributed by atoms with van der Waals surface area (Å²) in [6.45, 7) is 6.32. The maximum atomic E-state index is 11.6. The van der Waals surface area contributed by atoms with Crippen LogP contribution in [0.4, 0.5) is 0 Å². The SMILES string of the molecule is CCC(CC)NC(=O)CC1CCNC1. The van der Waals surface area contributed by atoms with Crippen molar-refractivity contribution in [3.63, 3.8) is 0 Å². The fourth-order valence-corrected chi connectivity index (χ4v) is 1.93. The number of carbonyl (C=O) groups excluding carboxylic acids is 1. The molecule has 1 saturated heterocycles. The molecule has 1 amide bonds. The fraction of sp³-hybridized carbons (Fsp3) is 0.909. The molecule has 1 atom stereocenters. The molecule has 14 heavy (non-hydrogen) atoms. The summed E-state index contributed by atoms with van der Waals surface area (Å²) in [5.74, 6) is 0.789. The van der Waals surface area contributed by atoms with Crippen molar-refractivity contribution in [2.75, 3.05) is 13.1 Å². The van der Waals surface area contributed by atoms with Crippen molar-refractivity contribution >= 4 is 5.91 Å². The van der Waals surface area contributed by atoms with Gasteiger partial charge in [0.15, 0.2) is 0 Å². The molecule has 1 aliphatic rings. The molecule has 0 saturated carbocycles. The van der Waals surface area contributed by atoms with Crippen molar-refractivity contribution in [1.82, 2.24) is 10.6 Å². The van der Waals surface area contributed by atoms with Crippen molar-refractivity contribution in [3.8, 4) is 0 Å². The van der Waals surface area contributed by atoms with Gasteiger partial charge in [-0.15, -0.1) is 0 Å². The molecule has 0 aromatic rings. The van der Waals surface area contributed by atoms with E-state index in [0.29, 0.717) is 18.4 Å². The first-order valence-corrected chi connectivity index (χ1v) is 5.76. The second kappa shape index (κ2) is 6.02. The number of hydrogen-bond donors (Lipinski definition) is 2. The summed E-state index contributed by atoms with van der Waals surface area (Å²) in [5, 5.41) is 6.36. The third-order valence-corrected chi connectivity index (χ3v) is 2.99. The summed E-state index contributed by atoms with van der Waals surface area (Å²) in [4.78, 5) is 11.6. The highest BCUT2D eigenvalue weighted by molar-refractivity contribution is 5.76. The summed E-state index contributed by atoms with van der Waals surface area (Å²) < 4.78 is 0. The van der Waals surface area contributed by atoms with E-state index in [1.54, 1.807) is 0 Å². The zero-order valence-corrected chi connectivity index (χ0v) is 9.31. The number of rotatable bonds is 5. The lowest BCUT2D eigenvalue weighted by atomic mass is 10.0. The Morgan fingerprint density at radius 3 is 2.71 bits per heavy atom. The van der Waals surface area contributed by atoms with Crippen LogP contribution in [0.5, 0.6) is 0 Å². The highest BCUT2D eigenvalue weighted by atomic mass is 16.1. The van der Waals surface area contributed by atoms with E-state index in [1.165, 1.54) is 0 Å². The summed E-state index contributed by atoms with van der Waals surface area (Å²) in [7, 11) is 0. The van der Waals surface area contributed by atoms with Gasteiger partial charge in [-0.2, -0.15) is 0 Å². The minimum absolute atomic E-state index is 0.229. The average molecular weight is 198 g/mol. The Balaban J connectivity index is 2.20. The first-order valence-electron chi connectivity index (χ1n) is 5.76. The standard InChI is InChI=1S/C11H22N2O/c1-3-10(4-2)13-11(14)7-9-5-6-12-8-9/h9-10,12H,3-8H2,1-2H3,(H,13,14). The van der Waals surface area contributed by atoms with Gasteiger partial charge in [0, 0.05) is 12.5 Å². The highest BCUT2D eigenvalue weighted by Gasteiger charge is 2.18. The van der Waals surface area contributed by atoms with Crippen molar-refractivity contribution < 1.29 is 4.79 Å². The van der Waals surface area contributed by atoms with Crippen molar-refractivity contribution in [1.29, 1.82) is 0 Å². The van der Waals surface area contributed by atoms with E-state index in [9.17, 15) is 4.79 Å². The Bertz CT molecular complexity index is 166. The Labute approximate surface area is 86.6 Å². The van der Waals surface area contributed by atoms with Crippen LogP contribution in [0.25, 0.3) is 0 Å². The lowest BCUT2D eigenvalue weighted by Crippen LogP contribution is -2.35. The Morgan fingerprint density at radius 2 is 2.21 bits per heavy atom. The molecule has 0 spiro atoms. The minimum Gasteiger partial charge on any atom is -0.353 e. The van der Waals surface area contributed by atoms with Crippen LogP contribution in [0.1, 0.15) is 39.5 Å². The van der Waals surface area contributed by atoms with Crippen LogP contribution in [0.2, 0.25) is 0 Å². The predicted octanol–water partition coefficient (Wildman–Crippen LogP) is 1.29. The molecule has 0 aromatic carbocycles. The van der Waals surface area contributed by atoms with E-state index in [4.69, 9.17) is 0 Å². The highest BCUT2D eigenvalue weighted by Crippen LogP contribution is 2.12. The van der Waals surface area contributed by atoms with Crippen LogP contribution < -0.4 is 10.6 Å². The zero-order chi connectivity index (χ0) is 10.4. The molecule has 0 aliphatic carbocycles. The largest absolute Gasteiger partial charge is 0.353 e. The van der Waals surface area contributed by atoms with E-state index in [0.717, 1.165) is 32.4 Å². The van der Waals surface area contributed by atoms with Gasteiger partial charge in [-0.25, -0.2) is 0 Å². The number of hydrogen-bond acceptors (Lipinski definition) is 2. The van der Waals surface area contributed by atoms with Gasteiger partial charge in [-0.1, -0.05) is 13.8 Å². The third-order valence-electron chi connectivity index (χ3n) is 2.99. The number of carbonyl (C=O) groups is 1. The quantitative estimate of drug-likeness (QED) is 0.699. The van der Waals surface area contributed by atoms with Gasteiger partial charge in [0.25, 0.3) is 0 Å². The van der Waals surface area contributed by atoms with Crippen LogP contribution in [-0.4, -0.2) is 25.0 Å². The van der Waals surface area contributed by atoms with Crippen molar-refractivity contribution in [2.45, 2.75) is 45.6 Å². The topological polar surface area (TPSA) is 41.1 Å². The second-order valence-electron chi connectivity index (χ2n) is 4.14. The maximum Gasteiger partial charge on any atom is 0.220 e. The number of nitrogens with one attached hydrogen (secondary N) is 2. The lowest BCUT2D eigenvalue weighted by molar-refractivity contribution is -0.122. The Kier molecular flexibility index (Phi) is 4.94. The third kappa shape index (κ3) is 3.66. The van der Waals surface area contributed by atoms with Crippen molar-refractivity contribution in [2.24, 2.45) is 5.92 Å². The van der Waals surface area contributed by atoms with Gasteiger partial charge < -0.3 is 10.6 Å². The second-order valence-corrected chi connectivity index (χ2v) is 4.14. The molecular weight excluding hydrogens is 176 g/mol. The molecule has 3 nitrogen and oxygen atoms in total. The number of amides is 1. The first-order chi connectivity index (χ1) is 6.76. The molecule has 1 unspecified atom stereocenters. The van der Waals surface area contributed by atoms with Crippen LogP contribution in [0.3, 0.4) is 0 Å². The molecular formula is C11H22N2O. The molecule has 1 fully saturated rings. The van der Waals surface area contributed by atoms with Gasteiger partial charge in [0.05, 0.1) is 0 Å². The molecule has 1 aliphatic heterocycles. The van der Waals surface area contributed by atoms with E-state index < -0.39 is 0 Å². The summed E-state index contributed by atoms with van der Waals surface area (Å²) in [6.07, 6.45) is 3.91. The van der Waals surface area contributed by atoms with Crippen LogP contribution in [0.15, 0.2) is 0 Å². The van der Waals surface area contributed by atoms with Gasteiger partial charge in [0.1, 0.15) is 0 Å². The fourth-order valence-electron chi connectivity index (χ4n) is 1.93. The summed E-state index contributed by atoms with van der Waals surface area (Å²) >= 11 is 0. The van der Waals surface area contributed by atoms with E-state index >= 15 is 0 Å². The van der Waals surface area contributed by atoms with Gasteiger partial charge >= 0.3 is 0 Å². The summed E-state index contributed by atoms with van der Waals surface area (Å²) in [6, 6.07) is 0.372. The molecule has 2 N–H and O–H groups in total. The predicted molar refractivity (Wildman–Crippen MR) is 58.1 cm³/mol. The molecule has 1 rings (SSSR count). The average Bonchev–Trinajstić information content (AvgIpc) is 2.66. The van der Waals surface area contributed by atoms with Crippen LogP contribution in [-0.2, 0) is 4.79 Å². The normalized spacial score (nSPS) is 21.5. The van der Waals surface area contributed by atoms with Crippen molar-refractivity contribution in [3.05, 3.63) is 0 Å². The molecule has 1 heterocycles. The van der Waals surface area contributed by atoms with Gasteiger partial charge in [0.2, 0.25) is 5.91 Å². The first kappa shape index (κ1) is 11.5. The Hall–Kier alpha value is -0.570. The molecule has 0 radical (unpaired) electrons. The van der Waals surface area contributed by atoms with Gasteiger partial charge in [-0.3, -0.25) is 4.79 Å². The molecule has 3 heteroatoms. The molecule has 0 bridgehead atoms. The summed E-state index contributed by atoms with van der Waals surface area (Å²) in [5.41, 5.74) is 0. The van der Waals surface area contributed by atoms with E-state index in [1.807, 2.05) is 0 Å².